The highest BCUT2D eigenvalue weighted by Crippen LogP contribution is 2.32. The van der Waals surface area contributed by atoms with Crippen molar-refractivity contribution in [1.29, 1.82) is 0 Å². The molecule has 2 rings (SSSR count). The summed E-state index contributed by atoms with van der Waals surface area (Å²) in [6.07, 6.45) is 9.73. The fraction of sp³-hybridized carbons (Fsp3) is 0.421. The van der Waals surface area contributed by atoms with Gasteiger partial charge in [-0.1, -0.05) is 13.3 Å². The number of rotatable bonds is 10. The number of aliphatic imine (C=N–C) groups is 1. The van der Waals surface area contributed by atoms with Crippen LogP contribution in [-0.2, 0) is 4.79 Å². The van der Waals surface area contributed by atoms with Crippen molar-refractivity contribution in [2.75, 3.05) is 29.4 Å². The van der Waals surface area contributed by atoms with Gasteiger partial charge in [-0.15, -0.1) is 0 Å². The van der Waals surface area contributed by atoms with Gasteiger partial charge < -0.3 is 14.6 Å². The lowest BCUT2D eigenvalue weighted by atomic mass is 10.3. The van der Waals surface area contributed by atoms with Gasteiger partial charge >= 0.3 is 0 Å². The van der Waals surface area contributed by atoms with Crippen molar-refractivity contribution in [3.63, 3.8) is 0 Å². The molecule has 0 atom stereocenters. The molecular formula is C19H26N6O. The predicted molar refractivity (Wildman–Crippen MR) is 106 cm³/mol. The van der Waals surface area contributed by atoms with Crippen LogP contribution in [0.3, 0.4) is 0 Å². The third-order valence-electron chi connectivity index (χ3n) is 3.92. The lowest BCUT2D eigenvalue weighted by Crippen LogP contribution is -2.25. The summed E-state index contributed by atoms with van der Waals surface area (Å²) in [5.41, 5.74) is 1.49. The van der Waals surface area contributed by atoms with Gasteiger partial charge in [0, 0.05) is 25.5 Å². The minimum absolute atomic E-state index is 0.177. The minimum atomic E-state index is 0.177. The van der Waals surface area contributed by atoms with Crippen LogP contribution in [-0.4, -0.2) is 47.1 Å². The third kappa shape index (κ3) is 4.84. The number of pyridine rings is 1. The van der Waals surface area contributed by atoms with Gasteiger partial charge in [-0.2, -0.15) is 4.98 Å². The van der Waals surface area contributed by atoms with Crippen molar-refractivity contribution in [2.24, 2.45) is 4.99 Å². The standard InChI is InChI=1S/C19H26N6O/c1-4-7-11-21-18-17(15-22-19(23-18)24(5-2)6-3)25(12-13-26)16-9-8-10-20-14-16/h8-11,13-15H,4-7,12H2,1-3H3. The molecule has 7 heteroatoms. The van der Waals surface area contributed by atoms with Crippen LogP contribution in [0.25, 0.3) is 0 Å². The number of aldehydes is 1. The van der Waals surface area contributed by atoms with E-state index in [2.05, 4.69) is 45.6 Å². The molecule has 2 heterocycles. The molecule has 0 fully saturated rings. The van der Waals surface area contributed by atoms with Crippen molar-refractivity contribution < 1.29 is 4.79 Å². The predicted octanol–water partition coefficient (Wildman–Crippen LogP) is 3.56. The topological polar surface area (TPSA) is 74.6 Å². The molecule has 0 bridgehead atoms. The van der Waals surface area contributed by atoms with Crippen LogP contribution in [0, 0.1) is 0 Å². The number of anilines is 3. The molecule has 0 aliphatic rings. The van der Waals surface area contributed by atoms with Crippen molar-refractivity contribution in [3.05, 3.63) is 30.7 Å². The van der Waals surface area contributed by atoms with Crippen molar-refractivity contribution >= 4 is 35.6 Å². The van der Waals surface area contributed by atoms with Gasteiger partial charge in [0.05, 0.1) is 24.6 Å². The maximum absolute atomic E-state index is 11.3. The molecule has 2 aromatic heterocycles. The minimum Gasteiger partial charge on any atom is -0.341 e. The lowest BCUT2D eigenvalue weighted by Gasteiger charge is -2.24. The van der Waals surface area contributed by atoms with E-state index in [9.17, 15) is 4.79 Å². The second kappa shape index (κ2) is 10.2. The van der Waals surface area contributed by atoms with Crippen LogP contribution in [0.1, 0.15) is 33.6 Å². The highest BCUT2D eigenvalue weighted by atomic mass is 16.1. The van der Waals surface area contributed by atoms with Crippen molar-refractivity contribution in [1.82, 2.24) is 15.0 Å². The first-order valence-corrected chi connectivity index (χ1v) is 9.00. The SMILES string of the molecule is CCCC=Nc1nc(N(CC)CC)ncc1N(CC=O)c1cccnc1. The molecule has 0 unspecified atom stereocenters. The molecule has 7 nitrogen and oxygen atoms in total. The van der Waals surface area contributed by atoms with Gasteiger partial charge in [-0.3, -0.25) is 4.98 Å². The second-order valence-electron chi connectivity index (χ2n) is 5.64. The maximum Gasteiger partial charge on any atom is 0.227 e. The fourth-order valence-corrected chi connectivity index (χ4v) is 2.51. The molecule has 0 aliphatic heterocycles. The number of carbonyl (C=O) groups excluding carboxylic acids is 1. The van der Waals surface area contributed by atoms with Gasteiger partial charge in [-0.05, 0) is 32.4 Å². The van der Waals surface area contributed by atoms with E-state index < -0.39 is 0 Å². The Balaban J connectivity index is 2.51. The van der Waals surface area contributed by atoms with E-state index in [1.54, 1.807) is 18.6 Å². The Labute approximate surface area is 154 Å². The third-order valence-corrected chi connectivity index (χ3v) is 3.92. The van der Waals surface area contributed by atoms with E-state index in [1.165, 1.54) is 0 Å². The maximum atomic E-state index is 11.3. The molecule has 26 heavy (non-hydrogen) atoms. The Bertz CT molecular complexity index is 715. The first-order chi connectivity index (χ1) is 12.7. The van der Waals surface area contributed by atoms with E-state index in [1.807, 2.05) is 23.2 Å². The first kappa shape index (κ1) is 19.5. The van der Waals surface area contributed by atoms with Gasteiger partial charge in [0.2, 0.25) is 5.95 Å². The molecule has 138 valence electrons. The smallest absolute Gasteiger partial charge is 0.227 e. The van der Waals surface area contributed by atoms with E-state index in [4.69, 9.17) is 0 Å². The number of hydrogen-bond donors (Lipinski definition) is 0. The van der Waals surface area contributed by atoms with Gasteiger partial charge in [0.1, 0.15) is 12.0 Å². The second-order valence-corrected chi connectivity index (χ2v) is 5.64. The normalized spacial score (nSPS) is 10.9. The summed E-state index contributed by atoms with van der Waals surface area (Å²) in [5, 5.41) is 0. The number of nitrogens with zero attached hydrogens (tertiary/aromatic N) is 6. The number of unbranched alkanes of at least 4 members (excludes halogenated alkanes) is 1. The Morgan fingerprint density at radius 3 is 2.62 bits per heavy atom. The Hall–Kier alpha value is -2.83. The Kier molecular flexibility index (Phi) is 7.67. The molecule has 0 aliphatic carbocycles. The van der Waals surface area contributed by atoms with Crippen LogP contribution in [0.4, 0.5) is 23.1 Å². The van der Waals surface area contributed by atoms with Gasteiger partial charge in [0.15, 0.2) is 5.82 Å². The zero-order valence-corrected chi connectivity index (χ0v) is 15.7. The van der Waals surface area contributed by atoms with Crippen LogP contribution in [0.5, 0.6) is 0 Å². The molecular weight excluding hydrogens is 328 g/mol. The molecule has 0 amide bonds. The molecule has 0 aromatic carbocycles. The molecule has 0 spiro atoms. The average molecular weight is 354 g/mol. The van der Waals surface area contributed by atoms with Gasteiger partial charge in [-0.25, -0.2) is 9.98 Å². The molecule has 0 saturated heterocycles. The summed E-state index contributed by atoms with van der Waals surface area (Å²) in [4.78, 5) is 33.0. The zero-order valence-electron chi connectivity index (χ0n) is 15.7. The van der Waals surface area contributed by atoms with E-state index in [0.717, 1.165) is 37.9 Å². The Morgan fingerprint density at radius 2 is 2.00 bits per heavy atom. The van der Waals surface area contributed by atoms with E-state index in [0.29, 0.717) is 17.5 Å². The highest BCUT2D eigenvalue weighted by Gasteiger charge is 2.17. The fourth-order valence-electron chi connectivity index (χ4n) is 2.51. The number of carbonyl (C=O) groups is 1. The van der Waals surface area contributed by atoms with Crippen LogP contribution in [0.2, 0.25) is 0 Å². The van der Waals surface area contributed by atoms with E-state index in [-0.39, 0.29) is 6.54 Å². The van der Waals surface area contributed by atoms with Crippen LogP contribution >= 0.6 is 0 Å². The molecule has 2 aromatic rings. The zero-order chi connectivity index (χ0) is 18.8. The summed E-state index contributed by atoms with van der Waals surface area (Å²) in [6, 6.07) is 3.73. The summed E-state index contributed by atoms with van der Waals surface area (Å²) in [6.45, 7) is 8.03. The van der Waals surface area contributed by atoms with Crippen molar-refractivity contribution in [3.8, 4) is 0 Å². The highest BCUT2D eigenvalue weighted by molar-refractivity contribution is 5.78. The lowest BCUT2D eigenvalue weighted by molar-refractivity contribution is -0.106. The van der Waals surface area contributed by atoms with Gasteiger partial charge in [0.25, 0.3) is 0 Å². The first-order valence-electron chi connectivity index (χ1n) is 9.00. The average Bonchev–Trinajstić information content (AvgIpc) is 2.68. The summed E-state index contributed by atoms with van der Waals surface area (Å²) in [5.74, 6) is 1.20. The quantitative estimate of drug-likeness (QED) is 0.480. The van der Waals surface area contributed by atoms with E-state index >= 15 is 0 Å². The summed E-state index contributed by atoms with van der Waals surface area (Å²) in [7, 11) is 0. The number of aromatic nitrogens is 3. The Morgan fingerprint density at radius 1 is 1.19 bits per heavy atom. The van der Waals surface area contributed by atoms with Crippen molar-refractivity contribution in [2.45, 2.75) is 33.6 Å². The number of hydrogen-bond acceptors (Lipinski definition) is 7. The molecule has 0 radical (unpaired) electrons. The summed E-state index contributed by atoms with van der Waals surface area (Å²) >= 11 is 0. The molecule has 0 saturated carbocycles. The monoisotopic (exact) mass is 354 g/mol. The largest absolute Gasteiger partial charge is 0.341 e. The molecule has 0 N–H and O–H groups in total. The summed E-state index contributed by atoms with van der Waals surface area (Å²) < 4.78 is 0. The van der Waals surface area contributed by atoms with Crippen LogP contribution in [0.15, 0.2) is 35.7 Å². The van der Waals surface area contributed by atoms with Crippen LogP contribution < -0.4 is 9.80 Å².